The van der Waals surface area contributed by atoms with E-state index < -0.39 is 17.5 Å². The number of rotatable bonds is 5. The lowest BCUT2D eigenvalue weighted by Gasteiger charge is -2.43. The number of hydrogen-bond acceptors (Lipinski definition) is 4. The first kappa shape index (κ1) is 17.6. The molecule has 0 aliphatic carbocycles. The molecule has 0 bridgehead atoms. The summed E-state index contributed by atoms with van der Waals surface area (Å²) in [5.41, 5.74) is 0.0969. The van der Waals surface area contributed by atoms with E-state index in [1.807, 2.05) is 42.2 Å². The van der Waals surface area contributed by atoms with Gasteiger partial charge in [-0.25, -0.2) is 0 Å². The number of nitrogens with one attached hydrogen (secondary N) is 1. The van der Waals surface area contributed by atoms with E-state index in [0.29, 0.717) is 37.9 Å². The van der Waals surface area contributed by atoms with Crippen molar-refractivity contribution in [1.29, 1.82) is 0 Å². The molecule has 2 aromatic rings. The molecule has 2 atom stereocenters. The summed E-state index contributed by atoms with van der Waals surface area (Å²) >= 11 is 0. The molecule has 1 fully saturated rings. The average Bonchev–Trinajstić information content (AvgIpc) is 2.58. The summed E-state index contributed by atoms with van der Waals surface area (Å²) in [5, 5.41) is 21.0. The number of aliphatic hydroxyl groups is 1. The van der Waals surface area contributed by atoms with Crippen molar-refractivity contribution in [3.8, 4) is 0 Å². The predicted molar refractivity (Wildman–Crippen MR) is 95.4 cm³/mol. The summed E-state index contributed by atoms with van der Waals surface area (Å²) in [7, 11) is 0. The number of para-hydroxylation sites is 1. The fourth-order valence-corrected chi connectivity index (χ4v) is 3.86. The summed E-state index contributed by atoms with van der Waals surface area (Å²) in [4.78, 5) is 29.1. The number of aromatic amines is 1. The largest absolute Gasteiger partial charge is 0.481 e. The Morgan fingerprint density at radius 2 is 2.16 bits per heavy atom. The molecule has 0 radical (unpaired) electrons. The molecular weight excluding hydrogens is 320 g/mol. The molecule has 1 aliphatic rings. The highest BCUT2D eigenvalue weighted by atomic mass is 16.4. The van der Waals surface area contributed by atoms with Gasteiger partial charge in [0.25, 0.3) is 5.56 Å². The number of piperidine rings is 1. The molecule has 0 amide bonds. The van der Waals surface area contributed by atoms with Crippen molar-refractivity contribution in [3.05, 3.63) is 46.2 Å². The van der Waals surface area contributed by atoms with E-state index in [2.05, 4.69) is 4.98 Å². The second-order valence-corrected chi connectivity index (χ2v) is 6.94. The van der Waals surface area contributed by atoms with Crippen molar-refractivity contribution >= 4 is 16.9 Å². The van der Waals surface area contributed by atoms with Crippen LogP contribution in [0.4, 0.5) is 0 Å². The minimum absolute atomic E-state index is 0.152. The number of pyridine rings is 1. The Morgan fingerprint density at radius 1 is 1.40 bits per heavy atom. The van der Waals surface area contributed by atoms with Gasteiger partial charge in [-0.2, -0.15) is 0 Å². The van der Waals surface area contributed by atoms with Gasteiger partial charge in [-0.15, -0.1) is 0 Å². The lowest BCUT2D eigenvalue weighted by molar-refractivity contribution is -0.164. The van der Waals surface area contributed by atoms with Crippen molar-refractivity contribution in [1.82, 2.24) is 9.88 Å². The number of H-pyrrole nitrogens is 1. The number of nitrogens with zero attached hydrogens (tertiary/aromatic N) is 1. The first-order valence-electron chi connectivity index (χ1n) is 8.71. The highest BCUT2D eigenvalue weighted by Crippen LogP contribution is 2.36. The zero-order valence-corrected chi connectivity index (χ0v) is 14.4. The average molecular weight is 344 g/mol. The van der Waals surface area contributed by atoms with E-state index in [4.69, 9.17) is 0 Å². The summed E-state index contributed by atoms with van der Waals surface area (Å²) in [6, 6.07) is 9.44. The van der Waals surface area contributed by atoms with Crippen LogP contribution in [0.3, 0.4) is 0 Å². The third-order valence-electron chi connectivity index (χ3n) is 5.21. The Labute approximate surface area is 146 Å². The Kier molecular flexibility index (Phi) is 4.92. The van der Waals surface area contributed by atoms with Crippen LogP contribution in [0, 0.1) is 5.41 Å². The summed E-state index contributed by atoms with van der Waals surface area (Å²) < 4.78 is 0. The SMILES string of the molecule is CCC[C@]1(C(=O)O)CN(Cc2cc3ccccc3[nH]c2=O)CC[C@H]1O. The second-order valence-electron chi connectivity index (χ2n) is 6.94. The zero-order chi connectivity index (χ0) is 18.0. The fraction of sp³-hybridized carbons (Fsp3) is 0.474. The number of benzene rings is 1. The maximum atomic E-state index is 12.3. The molecule has 3 N–H and O–H groups in total. The van der Waals surface area contributed by atoms with Gasteiger partial charge < -0.3 is 15.2 Å². The van der Waals surface area contributed by atoms with Crippen molar-refractivity contribution < 1.29 is 15.0 Å². The van der Waals surface area contributed by atoms with Gasteiger partial charge in [0.1, 0.15) is 5.41 Å². The van der Waals surface area contributed by atoms with E-state index in [1.54, 1.807) is 0 Å². The van der Waals surface area contributed by atoms with E-state index in [-0.39, 0.29) is 12.1 Å². The fourth-order valence-electron chi connectivity index (χ4n) is 3.86. The molecule has 1 aliphatic heterocycles. The van der Waals surface area contributed by atoms with Crippen LogP contribution < -0.4 is 5.56 Å². The van der Waals surface area contributed by atoms with Crippen LogP contribution in [0.25, 0.3) is 10.9 Å². The zero-order valence-electron chi connectivity index (χ0n) is 14.4. The van der Waals surface area contributed by atoms with Gasteiger partial charge in [-0.3, -0.25) is 14.5 Å². The molecule has 0 unspecified atom stereocenters. The number of likely N-dealkylation sites (tertiary alicyclic amines) is 1. The number of aliphatic carboxylic acids is 1. The van der Waals surface area contributed by atoms with Crippen LogP contribution >= 0.6 is 0 Å². The third-order valence-corrected chi connectivity index (χ3v) is 5.21. The van der Waals surface area contributed by atoms with Crippen LogP contribution in [0.15, 0.2) is 35.1 Å². The summed E-state index contributed by atoms with van der Waals surface area (Å²) in [6.07, 6.45) is 0.663. The molecule has 0 saturated carbocycles. The van der Waals surface area contributed by atoms with Crippen LogP contribution in [0.1, 0.15) is 31.7 Å². The van der Waals surface area contributed by atoms with Crippen molar-refractivity contribution in [3.63, 3.8) is 0 Å². The molecule has 1 aromatic carbocycles. The highest BCUT2D eigenvalue weighted by Gasteiger charge is 2.48. The first-order valence-corrected chi connectivity index (χ1v) is 8.71. The first-order chi connectivity index (χ1) is 12.0. The highest BCUT2D eigenvalue weighted by molar-refractivity contribution is 5.78. The summed E-state index contributed by atoms with van der Waals surface area (Å²) in [6.45, 7) is 3.13. The molecule has 3 rings (SSSR count). The van der Waals surface area contributed by atoms with Gasteiger partial charge in [0.05, 0.1) is 6.10 Å². The number of aromatic nitrogens is 1. The lowest BCUT2D eigenvalue weighted by atomic mass is 9.74. The minimum Gasteiger partial charge on any atom is -0.481 e. The molecule has 6 heteroatoms. The maximum Gasteiger partial charge on any atom is 0.313 e. The van der Waals surface area contributed by atoms with Crippen LogP contribution in [-0.2, 0) is 11.3 Å². The van der Waals surface area contributed by atoms with Crippen molar-refractivity contribution in [2.75, 3.05) is 13.1 Å². The van der Waals surface area contributed by atoms with Gasteiger partial charge >= 0.3 is 5.97 Å². The quantitative estimate of drug-likeness (QED) is 0.771. The van der Waals surface area contributed by atoms with Gasteiger partial charge in [-0.1, -0.05) is 31.5 Å². The topological polar surface area (TPSA) is 93.6 Å². The normalized spacial score (nSPS) is 24.5. The summed E-state index contributed by atoms with van der Waals surface area (Å²) in [5.74, 6) is -0.959. The molecular formula is C19H24N2O4. The standard InChI is InChI=1S/C19H24N2O4/c1-2-8-19(18(24)25)12-21(9-7-16(19)22)11-14-10-13-5-3-4-6-15(13)20-17(14)23/h3-6,10,16,22H,2,7-9,11-12H2,1H3,(H,20,23)(H,24,25)/t16-,19+/m1/s1. The molecule has 1 aromatic heterocycles. The Bertz CT molecular complexity index is 832. The molecule has 134 valence electrons. The van der Waals surface area contributed by atoms with E-state index >= 15 is 0 Å². The smallest absolute Gasteiger partial charge is 0.313 e. The van der Waals surface area contributed by atoms with Crippen LogP contribution in [-0.4, -0.2) is 45.3 Å². The maximum absolute atomic E-state index is 12.3. The number of aliphatic hydroxyl groups excluding tert-OH is 1. The van der Waals surface area contributed by atoms with Crippen LogP contribution in [0.2, 0.25) is 0 Å². The monoisotopic (exact) mass is 344 g/mol. The number of hydrogen-bond donors (Lipinski definition) is 3. The second kappa shape index (κ2) is 6.98. The molecule has 6 nitrogen and oxygen atoms in total. The lowest BCUT2D eigenvalue weighted by Crippen LogP contribution is -2.55. The van der Waals surface area contributed by atoms with Gasteiger partial charge in [-0.05, 0) is 30.4 Å². The van der Waals surface area contributed by atoms with Crippen LogP contribution in [0.5, 0.6) is 0 Å². The minimum atomic E-state index is -1.16. The number of carboxylic acids is 1. The Balaban J connectivity index is 1.87. The van der Waals surface area contributed by atoms with E-state index in [0.717, 1.165) is 10.9 Å². The Hall–Kier alpha value is -2.18. The van der Waals surface area contributed by atoms with E-state index in [1.165, 1.54) is 0 Å². The third kappa shape index (κ3) is 3.32. The van der Waals surface area contributed by atoms with Crippen molar-refractivity contribution in [2.45, 2.75) is 38.8 Å². The molecule has 1 saturated heterocycles. The number of fused-ring (bicyclic) bond motifs is 1. The number of carboxylic acid groups (broad SMARTS) is 1. The van der Waals surface area contributed by atoms with Gasteiger partial charge in [0.2, 0.25) is 0 Å². The molecule has 25 heavy (non-hydrogen) atoms. The van der Waals surface area contributed by atoms with Gasteiger partial charge in [0, 0.05) is 30.7 Å². The van der Waals surface area contributed by atoms with Crippen molar-refractivity contribution in [2.24, 2.45) is 5.41 Å². The molecule has 0 spiro atoms. The molecule has 2 heterocycles. The predicted octanol–water partition coefficient (Wildman–Crippen LogP) is 1.97. The van der Waals surface area contributed by atoms with Gasteiger partial charge in [0.15, 0.2) is 0 Å². The van der Waals surface area contributed by atoms with E-state index in [9.17, 15) is 19.8 Å². The number of carbonyl (C=O) groups is 1. The Morgan fingerprint density at radius 3 is 2.88 bits per heavy atom.